The fourth-order valence-corrected chi connectivity index (χ4v) is 3.13. The first kappa shape index (κ1) is 21.0. The van der Waals surface area contributed by atoms with Crippen molar-refractivity contribution in [1.82, 2.24) is 5.32 Å². The van der Waals surface area contributed by atoms with Crippen LogP contribution in [-0.4, -0.2) is 43.4 Å². The van der Waals surface area contributed by atoms with Gasteiger partial charge in [-0.15, -0.1) is 0 Å². The van der Waals surface area contributed by atoms with Crippen LogP contribution in [0.25, 0.3) is 0 Å². The SMILES string of the molecule is CCNC(=O)c1cccc(NC(=O)COC(=O)c2cccc(N3CCCC3=O)c2)c1. The monoisotopic (exact) mass is 409 g/mol. The molecule has 0 aliphatic carbocycles. The average Bonchev–Trinajstić information content (AvgIpc) is 3.18. The maximum atomic E-state index is 12.3. The molecule has 0 spiro atoms. The molecule has 2 N–H and O–H groups in total. The molecule has 3 rings (SSSR count). The number of hydrogen-bond donors (Lipinski definition) is 2. The Kier molecular flexibility index (Phi) is 6.79. The van der Waals surface area contributed by atoms with Gasteiger partial charge >= 0.3 is 5.97 Å². The molecular formula is C22H23N3O5. The Morgan fingerprint density at radius 1 is 1.07 bits per heavy atom. The normalized spacial score (nSPS) is 13.1. The molecule has 1 aliphatic heterocycles. The lowest BCUT2D eigenvalue weighted by Gasteiger charge is -2.16. The van der Waals surface area contributed by atoms with Gasteiger partial charge in [-0.05, 0) is 49.7 Å². The molecule has 8 heteroatoms. The third-order valence-corrected chi connectivity index (χ3v) is 4.55. The number of benzene rings is 2. The number of amides is 3. The molecule has 2 aromatic rings. The molecule has 0 unspecified atom stereocenters. The van der Waals surface area contributed by atoms with Gasteiger partial charge < -0.3 is 20.3 Å². The number of nitrogens with one attached hydrogen (secondary N) is 2. The number of hydrogen-bond acceptors (Lipinski definition) is 5. The first-order valence-corrected chi connectivity index (χ1v) is 9.73. The van der Waals surface area contributed by atoms with Crippen LogP contribution < -0.4 is 15.5 Å². The van der Waals surface area contributed by atoms with Crippen molar-refractivity contribution >= 4 is 35.1 Å². The lowest BCUT2D eigenvalue weighted by molar-refractivity contribution is -0.119. The minimum atomic E-state index is -0.658. The number of carbonyl (C=O) groups excluding carboxylic acids is 4. The predicted molar refractivity (Wildman–Crippen MR) is 111 cm³/mol. The molecule has 1 heterocycles. The highest BCUT2D eigenvalue weighted by Crippen LogP contribution is 2.22. The van der Waals surface area contributed by atoms with Crippen molar-refractivity contribution in [2.45, 2.75) is 19.8 Å². The second kappa shape index (κ2) is 9.69. The molecule has 0 aromatic heterocycles. The summed E-state index contributed by atoms with van der Waals surface area (Å²) in [5.41, 5.74) is 1.74. The van der Waals surface area contributed by atoms with Crippen molar-refractivity contribution in [2.24, 2.45) is 0 Å². The van der Waals surface area contributed by atoms with Gasteiger partial charge in [0, 0.05) is 36.4 Å². The number of anilines is 2. The van der Waals surface area contributed by atoms with Gasteiger partial charge in [0.2, 0.25) is 5.91 Å². The molecule has 0 bridgehead atoms. The van der Waals surface area contributed by atoms with Gasteiger partial charge in [0.15, 0.2) is 6.61 Å². The number of nitrogens with zero attached hydrogens (tertiary/aromatic N) is 1. The van der Waals surface area contributed by atoms with Crippen molar-refractivity contribution in [1.29, 1.82) is 0 Å². The average molecular weight is 409 g/mol. The van der Waals surface area contributed by atoms with E-state index >= 15 is 0 Å². The van der Waals surface area contributed by atoms with Crippen LogP contribution in [0.1, 0.15) is 40.5 Å². The van der Waals surface area contributed by atoms with Gasteiger partial charge in [-0.1, -0.05) is 12.1 Å². The molecule has 0 saturated carbocycles. The summed E-state index contributed by atoms with van der Waals surface area (Å²) in [4.78, 5) is 49.8. The van der Waals surface area contributed by atoms with Crippen molar-refractivity contribution in [3.63, 3.8) is 0 Å². The Balaban J connectivity index is 1.56. The smallest absolute Gasteiger partial charge is 0.338 e. The predicted octanol–water partition coefficient (Wildman–Crippen LogP) is 2.36. The van der Waals surface area contributed by atoms with Crippen LogP contribution in [0.4, 0.5) is 11.4 Å². The zero-order valence-corrected chi connectivity index (χ0v) is 16.6. The molecule has 156 valence electrons. The first-order valence-electron chi connectivity index (χ1n) is 9.73. The number of ether oxygens (including phenoxy) is 1. The van der Waals surface area contributed by atoms with Crippen LogP contribution in [0.3, 0.4) is 0 Å². The Labute approximate surface area is 174 Å². The summed E-state index contributed by atoms with van der Waals surface area (Å²) in [6.07, 6.45) is 1.28. The van der Waals surface area contributed by atoms with Crippen LogP contribution in [0.15, 0.2) is 48.5 Å². The van der Waals surface area contributed by atoms with Gasteiger partial charge in [0.25, 0.3) is 11.8 Å². The molecule has 1 aliphatic rings. The summed E-state index contributed by atoms with van der Waals surface area (Å²) < 4.78 is 5.09. The maximum Gasteiger partial charge on any atom is 0.338 e. The van der Waals surface area contributed by atoms with E-state index in [4.69, 9.17) is 4.74 Å². The minimum Gasteiger partial charge on any atom is -0.452 e. The summed E-state index contributed by atoms with van der Waals surface area (Å²) in [6.45, 7) is 2.46. The van der Waals surface area contributed by atoms with E-state index in [1.54, 1.807) is 53.4 Å². The van der Waals surface area contributed by atoms with Crippen molar-refractivity contribution < 1.29 is 23.9 Å². The van der Waals surface area contributed by atoms with E-state index in [9.17, 15) is 19.2 Å². The Morgan fingerprint density at radius 2 is 1.83 bits per heavy atom. The van der Waals surface area contributed by atoms with E-state index < -0.39 is 18.5 Å². The largest absolute Gasteiger partial charge is 0.452 e. The minimum absolute atomic E-state index is 0.0229. The van der Waals surface area contributed by atoms with Crippen molar-refractivity contribution in [3.8, 4) is 0 Å². The highest BCUT2D eigenvalue weighted by Gasteiger charge is 2.22. The molecule has 3 amide bonds. The van der Waals surface area contributed by atoms with E-state index in [1.165, 1.54) is 0 Å². The molecular weight excluding hydrogens is 386 g/mol. The zero-order chi connectivity index (χ0) is 21.5. The van der Waals surface area contributed by atoms with E-state index in [0.717, 1.165) is 6.42 Å². The molecule has 8 nitrogen and oxygen atoms in total. The molecule has 2 aromatic carbocycles. The second-order valence-corrected chi connectivity index (χ2v) is 6.76. The van der Waals surface area contributed by atoms with Crippen molar-refractivity contribution in [3.05, 3.63) is 59.7 Å². The molecule has 1 saturated heterocycles. The Hall–Kier alpha value is -3.68. The Bertz CT molecular complexity index is 973. The summed E-state index contributed by atoms with van der Waals surface area (Å²) in [5.74, 6) is -1.40. The van der Waals surface area contributed by atoms with Gasteiger partial charge in [-0.2, -0.15) is 0 Å². The third kappa shape index (κ3) is 5.22. The van der Waals surface area contributed by atoms with Gasteiger partial charge in [-0.3, -0.25) is 14.4 Å². The van der Waals surface area contributed by atoms with Gasteiger partial charge in [0.1, 0.15) is 0 Å². The molecule has 1 fully saturated rings. The van der Waals surface area contributed by atoms with E-state index in [2.05, 4.69) is 10.6 Å². The topological polar surface area (TPSA) is 105 Å². The van der Waals surface area contributed by atoms with E-state index in [0.29, 0.717) is 36.4 Å². The van der Waals surface area contributed by atoms with Gasteiger partial charge in [-0.25, -0.2) is 4.79 Å². The lowest BCUT2D eigenvalue weighted by atomic mass is 10.2. The Morgan fingerprint density at radius 3 is 2.57 bits per heavy atom. The third-order valence-electron chi connectivity index (χ3n) is 4.55. The summed E-state index contributed by atoms with van der Waals surface area (Å²) in [7, 11) is 0. The number of carbonyl (C=O) groups is 4. The fourth-order valence-electron chi connectivity index (χ4n) is 3.13. The molecule has 0 radical (unpaired) electrons. The van der Waals surface area contributed by atoms with Crippen LogP contribution in [0, 0.1) is 0 Å². The first-order chi connectivity index (χ1) is 14.5. The summed E-state index contributed by atoms with van der Waals surface area (Å²) in [5, 5.41) is 5.28. The van der Waals surface area contributed by atoms with E-state index in [1.807, 2.05) is 6.92 Å². The molecule has 30 heavy (non-hydrogen) atoms. The fraction of sp³-hybridized carbons (Fsp3) is 0.273. The second-order valence-electron chi connectivity index (χ2n) is 6.76. The lowest BCUT2D eigenvalue weighted by Crippen LogP contribution is -2.24. The standard InChI is InChI=1S/C22H23N3O5/c1-2-23-21(28)15-6-3-8-17(12-15)24-19(26)14-30-22(29)16-7-4-9-18(13-16)25-11-5-10-20(25)27/h3-4,6-9,12-13H,2,5,10-11,14H2,1H3,(H,23,28)(H,24,26). The highest BCUT2D eigenvalue weighted by atomic mass is 16.5. The van der Waals surface area contributed by atoms with Gasteiger partial charge in [0.05, 0.1) is 5.56 Å². The van der Waals surface area contributed by atoms with Crippen LogP contribution >= 0.6 is 0 Å². The maximum absolute atomic E-state index is 12.3. The van der Waals surface area contributed by atoms with E-state index in [-0.39, 0.29) is 17.4 Å². The van der Waals surface area contributed by atoms with Crippen LogP contribution in [0.2, 0.25) is 0 Å². The zero-order valence-electron chi connectivity index (χ0n) is 16.6. The van der Waals surface area contributed by atoms with Crippen LogP contribution in [0.5, 0.6) is 0 Å². The quantitative estimate of drug-likeness (QED) is 0.683. The molecule has 0 atom stereocenters. The highest BCUT2D eigenvalue weighted by molar-refractivity contribution is 5.99. The summed E-state index contributed by atoms with van der Waals surface area (Å²) >= 11 is 0. The van der Waals surface area contributed by atoms with Crippen LogP contribution in [-0.2, 0) is 14.3 Å². The van der Waals surface area contributed by atoms with Crippen molar-refractivity contribution in [2.75, 3.05) is 29.9 Å². The number of rotatable bonds is 7. The summed E-state index contributed by atoms with van der Waals surface area (Å²) in [6, 6.07) is 13.1. The number of esters is 1.